The molecular formula is C6H7NO2S. The van der Waals surface area contributed by atoms with Gasteiger partial charge in [-0.3, -0.25) is 0 Å². The number of hydrogen-bond acceptors (Lipinski definition) is 2. The Balaban J connectivity index is 3.15. The number of nitrogens with two attached hydrogens (primary N) is 1. The molecule has 0 spiro atoms. The highest BCUT2D eigenvalue weighted by molar-refractivity contribution is 7.82. The zero-order valence-electron chi connectivity index (χ0n) is 5.15. The van der Waals surface area contributed by atoms with E-state index in [1.165, 1.54) is 12.1 Å². The molecule has 0 fully saturated rings. The van der Waals surface area contributed by atoms with Gasteiger partial charge in [-0.15, -0.1) is 0 Å². The third-order valence-electron chi connectivity index (χ3n) is 1.08. The first-order chi connectivity index (χ1) is 4.72. The minimum atomic E-state index is -1.59. The lowest BCUT2D eigenvalue weighted by atomic mass is 10.3. The van der Waals surface area contributed by atoms with Crippen LogP contribution in [-0.4, -0.2) is 9.32 Å². The van der Waals surface area contributed by atoms with Gasteiger partial charge in [0.2, 0.25) is 0 Å². The summed E-state index contributed by atoms with van der Waals surface area (Å²) in [5.41, 5.74) is 0. The van der Waals surface area contributed by atoms with Gasteiger partial charge in [0.25, 0.3) is 0 Å². The molecule has 0 saturated heterocycles. The SMILES string of the molecule is N[S@](=O)c1ccccc1O. The molecule has 3 nitrogen and oxygen atoms in total. The average Bonchev–Trinajstić information content (AvgIpc) is 1.88. The Morgan fingerprint density at radius 3 is 2.40 bits per heavy atom. The monoisotopic (exact) mass is 157 g/mol. The Morgan fingerprint density at radius 1 is 1.40 bits per heavy atom. The second-order valence-corrected chi connectivity index (χ2v) is 2.80. The van der Waals surface area contributed by atoms with Crippen LogP contribution in [0.3, 0.4) is 0 Å². The molecule has 1 aromatic carbocycles. The van der Waals surface area contributed by atoms with Crippen molar-refractivity contribution in [3.63, 3.8) is 0 Å². The minimum absolute atomic E-state index is 0.0247. The number of rotatable bonds is 1. The summed E-state index contributed by atoms with van der Waals surface area (Å²) in [7, 11) is -1.59. The van der Waals surface area contributed by atoms with Crippen molar-refractivity contribution in [2.45, 2.75) is 4.90 Å². The van der Waals surface area contributed by atoms with E-state index in [1.54, 1.807) is 12.1 Å². The van der Waals surface area contributed by atoms with Gasteiger partial charge in [-0.25, -0.2) is 9.35 Å². The lowest BCUT2D eigenvalue weighted by Gasteiger charge is -1.96. The maximum atomic E-state index is 10.6. The molecule has 1 aromatic rings. The van der Waals surface area contributed by atoms with Gasteiger partial charge in [0.15, 0.2) is 0 Å². The summed E-state index contributed by atoms with van der Waals surface area (Å²) in [6, 6.07) is 6.27. The third kappa shape index (κ3) is 1.34. The maximum absolute atomic E-state index is 10.6. The Morgan fingerprint density at radius 2 is 2.00 bits per heavy atom. The number of aromatic hydroxyl groups is 1. The van der Waals surface area contributed by atoms with Crippen LogP contribution in [0.4, 0.5) is 0 Å². The predicted molar refractivity (Wildman–Crippen MR) is 38.7 cm³/mol. The molecule has 0 bridgehead atoms. The van der Waals surface area contributed by atoms with Crippen LogP contribution in [-0.2, 0) is 11.0 Å². The Hall–Kier alpha value is -0.870. The first kappa shape index (κ1) is 7.24. The van der Waals surface area contributed by atoms with Gasteiger partial charge < -0.3 is 5.11 Å². The lowest BCUT2D eigenvalue weighted by Crippen LogP contribution is -2.02. The highest BCUT2D eigenvalue weighted by Crippen LogP contribution is 2.16. The van der Waals surface area contributed by atoms with Crippen molar-refractivity contribution in [1.82, 2.24) is 0 Å². The zero-order valence-corrected chi connectivity index (χ0v) is 5.97. The van der Waals surface area contributed by atoms with E-state index < -0.39 is 11.0 Å². The fourth-order valence-corrected chi connectivity index (χ4v) is 1.11. The van der Waals surface area contributed by atoms with Crippen molar-refractivity contribution in [2.75, 3.05) is 0 Å². The van der Waals surface area contributed by atoms with E-state index in [4.69, 9.17) is 10.2 Å². The van der Waals surface area contributed by atoms with E-state index in [2.05, 4.69) is 0 Å². The molecule has 4 heteroatoms. The lowest BCUT2D eigenvalue weighted by molar-refractivity contribution is 0.461. The van der Waals surface area contributed by atoms with Crippen molar-refractivity contribution in [1.29, 1.82) is 0 Å². The summed E-state index contributed by atoms with van der Waals surface area (Å²) in [6.45, 7) is 0. The van der Waals surface area contributed by atoms with E-state index in [0.717, 1.165) is 0 Å². The van der Waals surface area contributed by atoms with E-state index in [1.807, 2.05) is 0 Å². The van der Waals surface area contributed by atoms with Crippen LogP contribution in [0.5, 0.6) is 5.75 Å². The molecule has 10 heavy (non-hydrogen) atoms. The van der Waals surface area contributed by atoms with Crippen LogP contribution in [0.15, 0.2) is 29.2 Å². The van der Waals surface area contributed by atoms with Gasteiger partial charge in [-0.2, -0.15) is 0 Å². The molecule has 0 saturated carbocycles. The topological polar surface area (TPSA) is 63.3 Å². The third-order valence-corrected chi connectivity index (χ3v) is 1.86. The van der Waals surface area contributed by atoms with Gasteiger partial charge in [0, 0.05) is 0 Å². The fraction of sp³-hybridized carbons (Fsp3) is 0. The van der Waals surface area contributed by atoms with Crippen molar-refractivity contribution in [3.8, 4) is 5.75 Å². The smallest absolute Gasteiger partial charge is 0.133 e. The van der Waals surface area contributed by atoms with E-state index >= 15 is 0 Å². The van der Waals surface area contributed by atoms with Gasteiger partial charge in [-0.1, -0.05) is 12.1 Å². The summed E-state index contributed by atoms with van der Waals surface area (Å²) in [5.74, 6) is -0.0247. The number of phenolic OH excluding ortho intramolecular Hbond substituents is 1. The number of para-hydroxylation sites is 1. The van der Waals surface area contributed by atoms with Crippen molar-refractivity contribution >= 4 is 11.0 Å². The van der Waals surface area contributed by atoms with Crippen LogP contribution >= 0.6 is 0 Å². The quantitative estimate of drug-likeness (QED) is 0.618. The number of phenols is 1. The van der Waals surface area contributed by atoms with Gasteiger partial charge in [-0.05, 0) is 12.1 Å². The zero-order chi connectivity index (χ0) is 7.56. The molecule has 3 N–H and O–H groups in total. The molecule has 0 aromatic heterocycles. The largest absolute Gasteiger partial charge is 0.507 e. The van der Waals surface area contributed by atoms with Gasteiger partial charge in [0.1, 0.15) is 16.7 Å². The Labute approximate surface area is 61.1 Å². The highest BCUT2D eigenvalue weighted by atomic mass is 32.2. The molecule has 0 aliphatic carbocycles. The van der Waals surface area contributed by atoms with Crippen LogP contribution < -0.4 is 5.14 Å². The van der Waals surface area contributed by atoms with E-state index in [0.29, 0.717) is 0 Å². The second-order valence-electron chi connectivity index (χ2n) is 1.77. The van der Waals surface area contributed by atoms with E-state index in [9.17, 15) is 4.21 Å². The standard InChI is InChI=1S/C6H7NO2S/c7-10(9)6-4-2-1-3-5(6)8/h1-4,8H,7H2/t10-/m1/s1. The van der Waals surface area contributed by atoms with Crippen molar-refractivity contribution in [2.24, 2.45) is 5.14 Å². The first-order valence-corrected chi connectivity index (χ1v) is 3.87. The molecule has 0 heterocycles. The summed E-state index contributed by atoms with van der Waals surface area (Å²) in [6.07, 6.45) is 0. The van der Waals surface area contributed by atoms with Crippen LogP contribution in [0, 0.1) is 0 Å². The molecule has 1 atom stereocenters. The number of hydrogen-bond donors (Lipinski definition) is 2. The molecule has 0 amide bonds. The first-order valence-electron chi connectivity index (χ1n) is 2.66. The Bertz CT molecular complexity index is 262. The van der Waals surface area contributed by atoms with E-state index in [-0.39, 0.29) is 10.6 Å². The summed E-state index contributed by atoms with van der Waals surface area (Å²) < 4.78 is 10.6. The Kier molecular flexibility index (Phi) is 2.03. The van der Waals surface area contributed by atoms with Crippen LogP contribution in [0.25, 0.3) is 0 Å². The highest BCUT2D eigenvalue weighted by Gasteiger charge is 2.01. The predicted octanol–water partition coefficient (Wildman–Crippen LogP) is 0.374. The summed E-state index contributed by atoms with van der Waals surface area (Å²) >= 11 is 0. The molecule has 0 unspecified atom stereocenters. The van der Waals surface area contributed by atoms with Gasteiger partial charge >= 0.3 is 0 Å². The fourth-order valence-electron chi connectivity index (χ4n) is 0.627. The average molecular weight is 157 g/mol. The van der Waals surface area contributed by atoms with Gasteiger partial charge in [0.05, 0.1) is 4.90 Å². The van der Waals surface area contributed by atoms with Crippen LogP contribution in [0.1, 0.15) is 0 Å². The number of benzene rings is 1. The molecule has 1 rings (SSSR count). The second kappa shape index (κ2) is 2.81. The molecular weight excluding hydrogens is 150 g/mol. The minimum Gasteiger partial charge on any atom is -0.507 e. The summed E-state index contributed by atoms with van der Waals surface area (Å²) in [4.78, 5) is 0.266. The van der Waals surface area contributed by atoms with Crippen molar-refractivity contribution < 1.29 is 9.32 Å². The maximum Gasteiger partial charge on any atom is 0.133 e. The van der Waals surface area contributed by atoms with Crippen molar-refractivity contribution in [3.05, 3.63) is 24.3 Å². The molecule has 0 radical (unpaired) electrons. The summed E-state index contributed by atoms with van der Waals surface area (Å²) in [5, 5.41) is 14.0. The molecule has 0 aliphatic rings. The van der Waals surface area contributed by atoms with Crippen LogP contribution in [0.2, 0.25) is 0 Å². The normalized spacial score (nSPS) is 12.9. The molecule has 0 aliphatic heterocycles. The molecule has 54 valence electrons.